The molecule has 22 heavy (non-hydrogen) atoms. The second-order valence-electron chi connectivity index (χ2n) is 6.13. The highest BCUT2D eigenvalue weighted by Gasteiger charge is 2.15. The third kappa shape index (κ3) is 5.58. The summed E-state index contributed by atoms with van der Waals surface area (Å²) in [6.45, 7) is 7.73. The third-order valence-electron chi connectivity index (χ3n) is 3.73. The van der Waals surface area contributed by atoms with Crippen molar-refractivity contribution < 1.29 is 4.74 Å². The first-order valence-corrected chi connectivity index (χ1v) is 8.48. The SMILES string of the molecule is CCNC(=NCc1cccc(OC(C)C)c1)NC1CCCC1. The van der Waals surface area contributed by atoms with E-state index in [4.69, 9.17) is 9.73 Å². The molecule has 1 saturated carbocycles. The molecule has 1 aliphatic rings. The number of rotatable bonds is 6. The van der Waals surface area contributed by atoms with Crippen molar-refractivity contribution in [2.45, 2.75) is 65.1 Å². The van der Waals surface area contributed by atoms with Crippen LogP contribution in [0, 0.1) is 0 Å². The van der Waals surface area contributed by atoms with E-state index >= 15 is 0 Å². The van der Waals surface area contributed by atoms with Gasteiger partial charge in [0.1, 0.15) is 5.75 Å². The van der Waals surface area contributed by atoms with Crippen molar-refractivity contribution in [1.82, 2.24) is 10.6 Å². The molecule has 1 aromatic carbocycles. The number of aliphatic imine (C=N–C) groups is 1. The van der Waals surface area contributed by atoms with Crippen LogP contribution in [0.15, 0.2) is 29.3 Å². The molecule has 0 spiro atoms. The first kappa shape index (κ1) is 16.7. The maximum absolute atomic E-state index is 5.74. The highest BCUT2D eigenvalue weighted by Crippen LogP contribution is 2.18. The van der Waals surface area contributed by atoms with Gasteiger partial charge < -0.3 is 15.4 Å². The molecule has 0 amide bonds. The van der Waals surface area contributed by atoms with Gasteiger partial charge in [0.05, 0.1) is 12.6 Å². The van der Waals surface area contributed by atoms with Crippen molar-refractivity contribution in [1.29, 1.82) is 0 Å². The van der Waals surface area contributed by atoms with Crippen LogP contribution in [0.2, 0.25) is 0 Å². The molecule has 4 nitrogen and oxygen atoms in total. The number of hydrogen-bond acceptors (Lipinski definition) is 2. The molecule has 1 aromatic rings. The molecule has 0 unspecified atom stereocenters. The van der Waals surface area contributed by atoms with Gasteiger partial charge in [-0.1, -0.05) is 25.0 Å². The molecule has 1 fully saturated rings. The lowest BCUT2D eigenvalue weighted by Gasteiger charge is -2.16. The molecule has 0 bridgehead atoms. The average Bonchev–Trinajstić information content (AvgIpc) is 2.98. The van der Waals surface area contributed by atoms with Gasteiger partial charge in [-0.05, 0) is 51.3 Å². The monoisotopic (exact) mass is 303 g/mol. The van der Waals surface area contributed by atoms with Crippen LogP contribution in [0.5, 0.6) is 5.75 Å². The molecular formula is C18H29N3O. The Morgan fingerprint density at radius 2 is 2.09 bits per heavy atom. The molecule has 0 radical (unpaired) electrons. The molecule has 0 saturated heterocycles. The molecule has 0 atom stereocenters. The maximum atomic E-state index is 5.74. The van der Waals surface area contributed by atoms with Crippen molar-refractivity contribution >= 4 is 5.96 Å². The van der Waals surface area contributed by atoms with Gasteiger partial charge >= 0.3 is 0 Å². The normalized spacial score (nSPS) is 16.1. The second kappa shape index (κ2) is 8.66. The van der Waals surface area contributed by atoms with E-state index in [-0.39, 0.29) is 6.10 Å². The maximum Gasteiger partial charge on any atom is 0.191 e. The summed E-state index contributed by atoms with van der Waals surface area (Å²) >= 11 is 0. The van der Waals surface area contributed by atoms with Gasteiger partial charge in [0.15, 0.2) is 5.96 Å². The van der Waals surface area contributed by atoms with E-state index in [1.807, 2.05) is 26.0 Å². The summed E-state index contributed by atoms with van der Waals surface area (Å²) in [4.78, 5) is 4.71. The summed E-state index contributed by atoms with van der Waals surface area (Å²) < 4.78 is 5.74. The van der Waals surface area contributed by atoms with Crippen molar-refractivity contribution in [2.75, 3.05) is 6.54 Å². The van der Waals surface area contributed by atoms with Crippen molar-refractivity contribution in [3.05, 3.63) is 29.8 Å². The van der Waals surface area contributed by atoms with Gasteiger partial charge in [-0.3, -0.25) is 0 Å². The van der Waals surface area contributed by atoms with Crippen LogP contribution >= 0.6 is 0 Å². The van der Waals surface area contributed by atoms with E-state index in [1.54, 1.807) is 0 Å². The van der Waals surface area contributed by atoms with Crippen molar-refractivity contribution in [2.24, 2.45) is 4.99 Å². The molecule has 0 heterocycles. The Morgan fingerprint density at radius 1 is 1.32 bits per heavy atom. The zero-order valence-electron chi connectivity index (χ0n) is 14.1. The van der Waals surface area contributed by atoms with Crippen LogP contribution < -0.4 is 15.4 Å². The third-order valence-corrected chi connectivity index (χ3v) is 3.73. The van der Waals surface area contributed by atoms with Crippen molar-refractivity contribution in [3.63, 3.8) is 0 Å². The molecule has 1 aliphatic carbocycles. The Balaban J connectivity index is 1.96. The van der Waals surface area contributed by atoms with Gasteiger partial charge in [-0.15, -0.1) is 0 Å². The van der Waals surface area contributed by atoms with E-state index in [1.165, 1.54) is 31.2 Å². The van der Waals surface area contributed by atoms with Crippen LogP contribution in [0.25, 0.3) is 0 Å². The van der Waals surface area contributed by atoms with Gasteiger partial charge in [0.25, 0.3) is 0 Å². The smallest absolute Gasteiger partial charge is 0.191 e. The van der Waals surface area contributed by atoms with Gasteiger partial charge in [0, 0.05) is 12.6 Å². The standard InChI is InChI=1S/C18H29N3O/c1-4-19-18(21-16-9-5-6-10-16)20-13-15-8-7-11-17(12-15)22-14(2)3/h7-8,11-12,14,16H,4-6,9-10,13H2,1-3H3,(H2,19,20,21). The fourth-order valence-corrected chi connectivity index (χ4v) is 2.74. The summed E-state index contributed by atoms with van der Waals surface area (Å²) in [6, 6.07) is 8.77. The van der Waals surface area contributed by atoms with E-state index < -0.39 is 0 Å². The highest BCUT2D eigenvalue weighted by molar-refractivity contribution is 5.80. The quantitative estimate of drug-likeness (QED) is 0.625. The Bertz CT molecular complexity index is 479. The molecule has 4 heteroatoms. The summed E-state index contributed by atoms with van der Waals surface area (Å²) in [5, 5.41) is 6.88. The van der Waals surface area contributed by atoms with Gasteiger partial charge in [0.2, 0.25) is 0 Å². The number of benzene rings is 1. The predicted octanol–water partition coefficient (Wildman–Crippen LogP) is 3.47. The summed E-state index contributed by atoms with van der Waals surface area (Å²) in [5.41, 5.74) is 1.17. The van der Waals surface area contributed by atoms with E-state index in [2.05, 4.69) is 29.7 Å². The van der Waals surface area contributed by atoms with Crippen molar-refractivity contribution in [3.8, 4) is 5.75 Å². The predicted molar refractivity (Wildman–Crippen MR) is 92.4 cm³/mol. The topological polar surface area (TPSA) is 45.7 Å². The Kier molecular flexibility index (Phi) is 6.56. The summed E-state index contributed by atoms with van der Waals surface area (Å²) in [6.07, 6.45) is 5.35. The Hall–Kier alpha value is -1.71. The lowest BCUT2D eigenvalue weighted by molar-refractivity contribution is 0.242. The van der Waals surface area contributed by atoms with Crippen LogP contribution in [0.1, 0.15) is 52.0 Å². The Labute approximate surface area is 134 Å². The van der Waals surface area contributed by atoms with Crippen LogP contribution in [0.4, 0.5) is 0 Å². The van der Waals surface area contributed by atoms with E-state index in [9.17, 15) is 0 Å². The molecular weight excluding hydrogens is 274 g/mol. The molecule has 0 aromatic heterocycles. The zero-order valence-corrected chi connectivity index (χ0v) is 14.1. The van der Waals surface area contributed by atoms with Gasteiger partial charge in [-0.2, -0.15) is 0 Å². The highest BCUT2D eigenvalue weighted by atomic mass is 16.5. The first-order valence-electron chi connectivity index (χ1n) is 8.48. The first-order chi connectivity index (χ1) is 10.7. The summed E-state index contributed by atoms with van der Waals surface area (Å²) in [7, 11) is 0. The van der Waals surface area contributed by atoms with E-state index in [0.717, 1.165) is 18.3 Å². The lowest BCUT2D eigenvalue weighted by Crippen LogP contribution is -2.42. The number of guanidine groups is 1. The zero-order chi connectivity index (χ0) is 15.8. The largest absolute Gasteiger partial charge is 0.491 e. The minimum absolute atomic E-state index is 0.195. The molecule has 0 aliphatic heterocycles. The molecule has 2 N–H and O–H groups in total. The number of nitrogens with one attached hydrogen (secondary N) is 2. The van der Waals surface area contributed by atoms with Gasteiger partial charge in [-0.25, -0.2) is 4.99 Å². The summed E-state index contributed by atoms with van der Waals surface area (Å²) in [5.74, 6) is 1.83. The lowest BCUT2D eigenvalue weighted by atomic mass is 10.2. The molecule has 2 rings (SSSR count). The number of nitrogens with zero attached hydrogens (tertiary/aromatic N) is 1. The van der Waals surface area contributed by atoms with E-state index in [0.29, 0.717) is 12.6 Å². The average molecular weight is 303 g/mol. The van der Waals surface area contributed by atoms with Crippen LogP contribution in [-0.4, -0.2) is 24.7 Å². The minimum atomic E-state index is 0.195. The number of ether oxygens (including phenoxy) is 1. The fourth-order valence-electron chi connectivity index (χ4n) is 2.74. The van der Waals surface area contributed by atoms with Crippen LogP contribution in [-0.2, 0) is 6.54 Å². The Morgan fingerprint density at radius 3 is 2.77 bits per heavy atom. The molecule has 122 valence electrons. The second-order valence-corrected chi connectivity index (χ2v) is 6.13. The number of hydrogen-bond donors (Lipinski definition) is 2. The fraction of sp³-hybridized carbons (Fsp3) is 0.611. The van der Waals surface area contributed by atoms with Crippen LogP contribution in [0.3, 0.4) is 0 Å². The minimum Gasteiger partial charge on any atom is -0.491 e.